The molecule has 6 N–H and O–H groups in total. The highest BCUT2D eigenvalue weighted by atomic mass is 79.9. The number of anilines is 7. The molecule has 0 aliphatic heterocycles. The van der Waals surface area contributed by atoms with E-state index in [1.165, 1.54) is 142 Å². The highest BCUT2D eigenvalue weighted by molar-refractivity contribution is 9.10. The minimum absolute atomic E-state index is 0.0501. The minimum atomic E-state index is -0.577. The summed E-state index contributed by atoms with van der Waals surface area (Å²) < 4.78 is 139. The molecule has 34 nitrogen and oxygen atoms in total. The standard InChI is InChI=1S/C19H13FN4O2.C18H12F2N6O.C18H14F2N6.C17H12F2N6O.C14H10ClN3O2.C5H3BrFN.C5H5FN2/c1-12(25)15-9-10-24-17(15)19(26-14-5-3-2-4-6-14)22-18(23-24)16-8-7-13(20)11-21-16;1-10(27)12-5-7-26-16(12)18(23-14-4-6-21-9-13(14)20)24-17(25-26)15-3-2-11(19)8-22-15;1-2-11-6-8-26-16(11)18(23-14-5-7-21-10-13(14)20)24-17(25-26)15-4-3-12(19)9-22-15;18-11-1-2-14(21-7-11)16-23-17(22-13-3-5-20-8-12(13)19)15-10(9-26)4-6-25(15)24-16;1-9(19)11-7-8-18-12(11)13(16-14(15)17-18)20-10-5-3-2-4-6-10;6-5-2-1-4(7)3-8-5;6-4-3-8-2-1-5(4)7/h2-11H,1H3;2-9H,1H3,(H,21,23,24,25);3-10H,2H2,1H3,(H,21,23,24,25);1-8,26H,9H2,(H,20,22,23,24);2-8H,1H3;1-3H;1-3H,(H2,7,8). The zero-order valence-corrected chi connectivity index (χ0v) is 75.8. The van der Waals surface area contributed by atoms with Crippen LogP contribution in [0.15, 0.2) is 292 Å². The van der Waals surface area contributed by atoms with E-state index in [9.17, 15) is 59.0 Å². The number of aryl methyl sites for hydroxylation is 1. The molecule has 0 fully saturated rings. The first-order chi connectivity index (χ1) is 68.2. The average molecular weight is 2000 g/mol. The smallest absolute Gasteiger partial charge is 0.249 e. The van der Waals surface area contributed by atoms with Crippen LogP contribution in [-0.2, 0) is 13.0 Å². The Kier molecular flexibility index (Phi) is 31.0. The van der Waals surface area contributed by atoms with E-state index in [0.29, 0.717) is 94.8 Å². The first-order valence-electron chi connectivity index (χ1n) is 41.6. The van der Waals surface area contributed by atoms with Crippen LogP contribution in [0.25, 0.3) is 73.7 Å². The molecule has 0 aliphatic rings. The second kappa shape index (κ2) is 45.0. The van der Waals surface area contributed by atoms with Crippen LogP contribution in [0.4, 0.5) is 79.7 Å². The zero-order chi connectivity index (χ0) is 99.3. The van der Waals surface area contributed by atoms with Crippen LogP contribution in [0.2, 0.25) is 5.28 Å². The van der Waals surface area contributed by atoms with Gasteiger partial charge >= 0.3 is 0 Å². The van der Waals surface area contributed by atoms with E-state index >= 15 is 0 Å². The summed E-state index contributed by atoms with van der Waals surface area (Å²) in [4.78, 5) is 91.6. The fourth-order valence-corrected chi connectivity index (χ4v) is 13.4. The average Bonchev–Trinajstić information content (AvgIpc) is 1.39. The maximum atomic E-state index is 14.0. The number of pyridine rings is 9. The summed E-state index contributed by atoms with van der Waals surface area (Å²) in [6.45, 7) is 6.15. The Hall–Kier alpha value is -18.2. The van der Waals surface area contributed by atoms with Crippen molar-refractivity contribution in [3.63, 3.8) is 0 Å². The number of ether oxygens (including phenoxy) is 2. The molecule has 0 amide bonds. The predicted octanol–water partition coefficient (Wildman–Crippen LogP) is 20.0. The van der Waals surface area contributed by atoms with Gasteiger partial charge in [-0.2, -0.15) is 9.97 Å². The summed E-state index contributed by atoms with van der Waals surface area (Å²) in [5.74, 6) is -1.10. The van der Waals surface area contributed by atoms with Crippen LogP contribution >= 0.6 is 27.5 Å². The van der Waals surface area contributed by atoms with Crippen LogP contribution < -0.4 is 31.2 Å². The van der Waals surface area contributed by atoms with Gasteiger partial charge in [-0.3, -0.25) is 34.3 Å². The molecule has 0 saturated carbocycles. The van der Waals surface area contributed by atoms with Gasteiger partial charge in [0.05, 0.1) is 96.3 Å². The number of carbonyl (C=O) groups excluding carboxylic acids is 3. The fraction of sp³-hybridized carbons (Fsp3) is 0.0625. The second-order valence-corrected chi connectivity index (χ2v) is 30.4. The van der Waals surface area contributed by atoms with Crippen molar-refractivity contribution in [2.45, 2.75) is 40.7 Å². The SMILES string of the molecule is CC(=O)c1ccn2nc(-c3ccc(F)cn3)nc(Nc3ccncc3F)c12.CC(=O)c1ccn2nc(-c3ccc(F)cn3)nc(Oc3ccccc3)c12.CC(=O)c1ccn2nc(Cl)nc(Oc3ccccc3)c12.CCc1ccn2nc(-c3ccc(F)cn3)nc(Nc3ccncc3F)c12.Fc1ccc(Br)nc1.Nc1ccncc1F.OCc1ccn2nc(-c3ccc(F)cn3)nc(Nc3ccncc3F)c12. The summed E-state index contributed by atoms with van der Waals surface area (Å²) >= 11 is 8.94. The molecule has 0 aliphatic carbocycles. The number of aliphatic hydroxyl groups is 1. The van der Waals surface area contributed by atoms with Gasteiger partial charge < -0.3 is 36.3 Å². The third-order valence-corrected chi connectivity index (χ3v) is 20.3. The van der Waals surface area contributed by atoms with Crippen LogP contribution in [-0.4, -0.2) is 140 Å². The largest absolute Gasteiger partial charge is 0.437 e. The number of nitrogen functional groups attached to an aromatic ring is 1. The Morgan fingerprint density at radius 3 is 1.04 bits per heavy atom. The first-order valence-corrected chi connectivity index (χ1v) is 42.8. The molecule has 0 spiro atoms. The summed E-state index contributed by atoms with van der Waals surface area (Å²) in [7, 11) is 0. The van der Waals surface area contributed by atoms with Crippen LogP contribution in [0.1, 0.15) is 69.9 Å². The summed E-state index contributed by atoms with van der Waals surface area (Å²) in [6.07, 6.45) is 24.7. The van der Waals surface area contributed by atoms with Crippen molar-refractivity contribution in [2.24, 2.45) is 0 Å². The highest BCUT2D eigenvalue weighted by Crippen LogP contribution is 2.35. The van der Waals surface area contributed by atoms with Crippen molar-refractivity contribution in [3.05, 3.63) is 378 Å². The number of nitrogens with zero attached hydrogens (tertiary/aromatic N) is 24. The van der Waals surface area contributed by atoms with E-state index in [1.54, 1.807) is 90.1 Å². The highest BCUT2D eigenvalue weighted by Gasteiger charge is 2.25. The van der Waals surface area contributed by atoms with Crippen LogP contribution in [0.5, 0.6) is 23.3 Å². The molecule has 0 bridgehead atoms. The van der Waals surface area contributed by atoms with Gasteiger partial charge in [-0.25, -0.2) is 102 Å². The van der Waals surface area contributed by atoms with Gasteiger partial charge in [0, 0.05) is 66.9 Å². The number of halogens is 11. The lowest BCUT2D eigenvalue weighted by Crippen LogP contribution is -2.07. The Labute approximate surface area is 803 Å². The van der Waals surface area contributed by atoms with Gasteiger partial charge in [0.25, 0.3) is 0 Å². The molecule has 19 aromatic heterocycles. The second-order valence-electron chi connectivity index (χ2n) is 29.2. The lowest BCUT2D eigenvalue weighted by molar-refractivity contribution is 0.101. The van der Waals surface area contributed by atoms with Crippen molar-refractivity contribution < 1.29 is 68.5 Å². The van der Waals surface area contributed by atoms with Gasteiger partial charge in [-0.15, -0.1) is 25.5 Å². The van der Waals surface area contributed by atoms with Gasteiger partial charge in [-0.05, 0) is 200 Å². The number of rotatable bonds is 19. The molecule has 0 radical (unpaired) electrons. The monoisotopic (exact) mass is 1990 g/mol. The Balaban J connectivity index is 0.000000128. The van der Waals surface area contributed by atoms with Crippen LogP contribution in [0, 0.1) is 52.4 Å². The van der Waals surface area contributed by atoms with E-state index < -0.39 is 46.5 Å². The number of nitrogens with one attached hydrogen (secondary N) is 3. The fourth-order valence-electron chi connectivity index (χ4n) is 13.1. The number of aliphatic hydroxyl groups excluding tert-OH is 1. The Morgan fingerprint density at radius 1 is 0.369 bits per heavy atom. The molecular weight excluding hydrogens is 1930 g/mol. The minimum Gasteiger partial charge on any atom is -0.437 e. The van der Waals surface area contributed by atoms with Crippen molar-refractivity contribution in [1.82, 2.24) is 118 Å². The lowest BCUT2D eigenvalue weighted by atomic mass is 10.2. The molecule has 0 atom stereocenters. The molecule has 21 rings (SSSR count). The summed E-state index contributed by atoms with van der Waals surface area (Å²) in [5, 5.41) is 39.9. The molecule has 19 heterocycles. The molecule has 2 aromatic carbocycles. The molecule has 706 valence electrons. The normalized spacial score (nSPS) is 10.7. The molecule has 0 unspecified atom stereocenters. The molecule has 0 saturated heterocycles. The number of para-hydroxylation sites is 2. The maximum absolute atomic E-state index is 14.0. The maximum Gasteiger partial charge on any atom is 0.249 e. The number of hydrogen-bond acceptors (Lipinski definition) is 29. The zero-order valence-electron chi connectivity index (χ0n) is 73.5. The summed E-state index contributed by atoms with van der Waals surface area (Å²) in [6, 6.07) is 46.5. The van der Waals surface area contributed by atoms with E-state index in [2.05, 4.69) is 127 Å². The van der Waals surface area contributed by atoms with Crippen molar-refractivity contribution in [3.8, 4) is 69.3 Å². The Bertz CT molecular complexity index is 7820. The number of ketones is 3. The van der Waals surface area contributed by atoms with Crippen molar-refractivity contribution in [1.29, 1.82) is 0 Å². The van der Waals surface area contributed by atoms with E-state index in [1.807, 2.05) is 49.4 Å². The van der Waals surface area contributed by atoms with E-state index in [0.717, 1.165) is 73.3 Å². The first kappa shape index (κ1) is 97.3. The number of benzene rings is 2. The number of nitrogens with two attached hydrogens (primary N) is 1. The van der Waals surface area contributed by atoms with E-state index in [-0.39, 0.29) is 98.7 Å². The quantitative estimate of drug-likeness (QED) is 0.0285. The van der Waals surface area contributed by atoms with Gasteiger partial charge in [-0.1, -0.05) is 43.3 Å². The number of fused-ring (bicyclic) bond motifs is 5. The third kappa shape index (κ3) is 24.2. The molecule has 21 aromatic rings. The lowest BCUT2D eigenvalue weighted by Gasteiger charge is -2.11. The number of aromatic nitrogens is 24. The van der Waals surface area contributed by atoms with Gasteiger partial charge in [0.1, 0.15) is 95.5 Å². The summed E-state index contributed by atoms with van der Waals surface area (Å²) in [5.41, 5.74) is 12.8. The molecular formula is C96H69BrClF9N28O6. The van der Waals surface area contributed by atoms with Gasteiger partial charge in [0.15, 0.2) is 58.1 Å². The third-order valence-electron chi connectivity index (χ3n) is 19.6. The Morgan fingerprint density at radius 2 is 0.695 bits per heavy atom. The topological polar surface area (TPSA) is 419 Å². The van der Waals surface area contributed by atoms with Crippen molar-refractivity contribution >= 4 is 113 Å². The molecule has 141 heavy (non-hydrogen) atoms. The van der Waals surface area contributed by atoms with Crippen molar-refractivity contribution in [2.75, 3.05) is 21.7 Å². The van der Waals surface area contributed by atoms with Crippen LogP contribution in [0.3, 0.4) is 0 Å². The number of Topliss-reactive ketones (excluding diaryl/α,β-unsaturated/α-hetero) is 3. The molecule has 45 heteroatoms. The van der Waals surface area contributed by atoms with E-state index in [4.69, 9.17) is 26.8 Å². The van der Waals surface area contributed by atoms with Gasteiger partial charge in [0.2, 0.25) is 40.3 Å². The number of carbonyl (C=O) groups is 3. The predicted molar refractivity (Wildman–Crippen MR) is 504 cm³/mol. The number of hydrogen-bond donors (Lipinski definition) is 5.